The van der Waals surface area contributed by atoms with E-state index in [-0.39, 0.29) is 6.04 Å². The molecule has 3 rings (SSSR count). The van der Waals surface area contributed by atoms with Crippen LogP contribution in [0.25, 0.3) is 11.0 Å². The second kappa shape index (κ2) is 4.20. The minimum Gasteiger partial charge on any atom is -0.379 e. The molecule has 4 nitrogen and oxygen atoms in total. The SMILES string of the molecule is Nc1nc2ccc(Cl)cc2n1C1CCCOC1. The van der Waals surface area contributed by atoms with E-state index in [2.05, 4.69) is 4.98 Å². The lowest BCUT2D eigenvalue weighted by Gasteiger charge is -2.24. The van der Waals surface area contributed by atoms with E-state index in [1.165, 1.54) is 0 Å². The van der Waals surface area contributed by atoms with Gasteiger partial charge in [-0.3, -0.25) is 0 Å². The number of aromatic nitrogens is 2. The average molecular weight is 252 g/mol. The van der Waals surface area contributed by atoms with E-state index < -0.39 is 0 Å². The number of nitrogen functional groups attached to an aromatic ring is 1. The van der Waals surface area contributed by atoms with E-state index in [0.29, 0.717) is 17.6 Å². The molecule has 17 heavy (non-hydrogen) atoms. The molecular weight excluding hydrogens is 238 g/mol. The van der Waals surface area contributed by atoms with Crippen LogP contribution in [0.1, 0.15) is 18.9 Å². The summed E-state index contributed by atoms with van der Waals surface area (Å²) in [7, 11) is 0. The summed E-state index contributed by atoms with van der Waals surface area (Å²) in [5.41, 5.74) is 7.87. The Kier molecular flexibility index (Phi) is 2.68. The van der Waals surface area contributed by atoms with Crippen molar-refractivity contribution in [2.45, 2.75) is 18.9 Å². The zero-order valence-electron chi connectivity index (χ0n) is 9.40. The maximum Gasteiger partial charge on any atom is 0.201 e. The normalized spacial score (nSPS) is 20.9. The van der Waals surface area contributed by atoms with Gasteiger partial charge in [-0.2, -0.15) is 0 Å². The standard InChI is InChI=1S/C12H14ClN3O/c13-8-3-4-10-11(6-8)16(12(14)15-10)9-2-1-5-17-7-9/h3-4,6,9H,1-2,5,7H2,(H2,14,15). The van der Waals surface area contributed by atoms with Crippen LogP contribution in [0, 0.1) is 0 Å². The number of hydrogen-bond acceptors (Lipinski definition) is 3. The first-order valence-corrected chi connectivity index (χ1v) is 6.14. The molecule has 1 aromatic carbocycles. The van der Waals surface area contributed by atoms with Gasteiger partial charge in [0.2, 0.25) is 5.95 Å². The first kappa shape index (κ1) is 10.9. The first-order valence-electron chi connectivity index (χ1n) is 5.76. The van der Waals surface area contributed by atoms with Crippen LogP contribution < -0.4 is 5.73 Å². The molecule has 1 fully saturated rings. The molecule has 0 amide bonds. The lowest BCUT2D eigenvalue weighted by Crippen LogP contribution is -2.22. The highest BCUT2D eigenvalue weighted by Crippen LogP contribution is 2.29. The van der Waals surface area contributed by atoms with Crippen LogP contribution in [-0.2, 0) is 4.74 Å². The van der Waals surface area contributed by atoms with E-state index in [4.69, 9.17) is 22.1 Å². The molecule has 2 heterocycles. The summed E-state index contributed by atoms with van der Waals surface area (Å²) < 4.78 is 7.54. The summed E-state index contributed by atoms with van der Waals surface area (Å²) in [6.07, 6.45) is 2.13. The molecule has 1 aliphatic rings. The Morgan fingerprint density at radius 3 is 3.12 bits per heavy atom. The summed E-state index contributed by atoms with van der Waals surface area (Å²) >= 11 is 6.03. The van der Waals surface area contributed by atoms with Gasteiger partial charge in [-0.05, 0) is 31.0 Å². The average Bonchev–Trinajstić information content (AvgIpc) is 2.65. The fourth-order valence-electron chi connectivity index (χ4n) is 2.40. The van der Waals surface area contributed by atoms with Crippen molar-refractivity contribution in [3.8, 4) is 0 Å². The minimum atomic E-state index is 0.271. The Balaban J connectivity index is 2.13. The number of imidazole rings is 1. The van der Waals surface area contributed by atoms with Crippen LogP contribution in [0.3, 0.4) is 0 Å². The molecule has 5 heteroatoms. The lowest BCUT2D eigenvalue weighted by molar-refractivity contribution is 0.0611. The number of nitrogens with zero attached hydrogens (tertiary/aromatic N) is 2. The predicted octanol–water partition coefficient (Wildman–Crippen LogP) is 2.62. The van der Waals surface area contributed by atoms with Crippen molar-refractivity contribution in [1.82, 2.24) is 9.55 Å². The van der Waals surface area contributed by atoms with Crippen molar-refractivity contribution in [3.05, 3.63) is 23.2 Å². The maximum absolute atomic E-state index is 6.03. The second-order valence-electron chi connectivity index (χ2n) is 4.34. The molecular formula is C12H14ClN3O. The molecule has 0 spiro atoms. The van der Waals surface area contributed by atoms with Gasteiger partial charge < -0.3 is 15.0 Å². The van der Waals surface area contributed by atoms with Crippen molar-refractivity contribution in [3.63, 3.8) is 0 Å². The summed E-state index contributed by atoms with van der Waals surface area (Å²) in [5, 5.41) is 0.704. The summed E-state index contributed by atoms with van der Waals surface area (Å²) in [5.74, 6) is 0.540. The Hall–Kier alpha value is -1.26. The van der Waals surface area contributed by atoms with Gasteiger partial charge in [0, 0.05) is 11.6 Å². The third-order valence-corrected chi connectivity index (χ3v) is 3.42. The molecule has 0 aliphatic carbocycles. The predicted molar refractivity (Wildman–Crippen MR) is 68.2 cm³/mol. The Bertz CT molecular complexity index is 546. The number of fused-ring (bicyclic) bond motifs is 1. The molecule has 1 unspecified atom stereocenters. The van der Waals surface area contributed by atoms with Crippen LogP contribution >= 0.6 is 11.6 Å². The lowest BCUT2D eigenvalue weighted by atomic mass is 10.1. The number of benzene rings is 1. The third kappa shape index (κ3) is 1.87. The van der Waals surface area contributed by atoms with E-state index >= 15 is 0 Å². The quantitative estimate of drug-likeness (QED) is 0.848. The fraction of sp³-hybridized carbons (Fsp3) is 0.417. The molecule has 0 bridgehead atoms. The fourth-order valence-corrected chi connectivity index (χ4v) is 2.56. The van der Waals surface area contributed by atoms with Crippen molar-refractivity contribution < 1.29 is 4.74 Å². The number of ether oxygens (including phenoxy) is 1. The van der Waals surface area contributed by atoms with Crippen LogP contribution in [0.5, 0.6) is 0 Å². The van der Waals surface area contributed by atoms with E-state index in [1.807, 2.05) is 22.8 Å². The molecule has 2 aromatic rings. The largest absolute Gasteiger partial charge is 0.379 e. The van der Waals surface area contributed by atoms with Gasteiger partial charge in [0.1, 0.15) is 0 Å². The molecule has 1 aliphatic heterocycles. The summed E-state index contributed by atoms with van der Waals surface area (Å²) in [6.45, 7) is 1.53. The van der Waals surface area contributed by atoms with Gasteiger partial charge in [0.05, 0.1) is 23.7 Å². The molecule has 2 N–H and O–H groups in total. The van der Waals surface area contributed by atoms with Crippen LogP contribution in [0.4, 0.5) is 5.95 Å². The second-order valence-corrected chi connectivity index (χ2v) is 4.78. The zero-order valence-corrected chi connectivity index (χ0v) is 10.2. The third-order valence-electron chi connectivity index (χ3n) is 3.18. The number of halogens is 1. The van der Waals surface area contributed by atoms with E-state index in [9.17, 15) is 0 Å². The molecule has 90 valence electrons. The highest BCUT2D eigenvalue weighted by Gasteiger charge is 2.20. The maximum atomic E-state index is 6.03. The molecule has 0 radical (unpaired) electrons. The van der Waals surface area contributed by atoms with Crippen molar-refractivity contribution in [1.29, 1.82) is 0 Å². The molecule has 1 atom stereocenters. The highest BCUT2D eigenvalue weighted by atomic mass is 35.5. The van der Waals surface area contributed by atoms with Gasteiger partial charge in [-0.15, -0.1) is 0 Å². The smallest absolute Gasteiger partial charge is 0.201 e. The Labute approximate surface area is 104 Å². The number of nitrogens with two attached hydrogens (primary N) is 1. The van der Waals surface area contributed by atoms with Crippen molar-refractivity contribution in [2.75, 3.05) is 18.9 Å². The first-order chi connectivity index (χ1) is 8.25. The monoisotopic (exact) mass is 251 g/mol. The minimum absolute atomic E-state index is 0.271. The summed E-state index contributed by atoms with van der Waals surface area (Å²) in [4.78, 5) is 4.36. The molecule has 1 saturated heterocycles. The van der Waals surface area contributed by atoms with Crippen LogP contribution in [0.2, 0.25) is 5.02 Å². The van der Waals surface area contributed by atoms with E-state index in [1.54, 1.807) is 0 Å². The molecule has 0 saturated carbocycles. The number of anilines is 1. The molecule has 1 aromatic heterocycles. The van der Waals surface area contributed by atoms with Crippen molar-refractivity contribution >= 4 is 28.6 Å². The summed E-state index contributed by atoms with van der Waals surface area (Å²) in [6, 6.07) is 5.91. The number of hydrogen-bond donors (Lipinski definition) is 1. The van der Waals surface area contributed by atoms with Gasteiger partial charge in [-0.25, -0.2) is 4.98 Å². The Morgan fingerprint density at radius 1 is 1.47 bits per heavy atom. The van der Waals surface area contributed by atoms with Gasteiger partial charge in [0.15, 0.2) is 0 Å². The van der Waals surface area contributed by atoms with Gasteiger partial charge >= 0.3 is 0 Å². The van der Waals surface area contributed by atoms with Crippen molar-refractivity contribution in [2.24, 2.45) is 0 Å². The highest BCUT2D eigenvalue weighted by molar-refractivity contribution is 6.31. The van der Waals surface area contributed by atoms with E-state index in [0.717, 1.165) is 30.5 Å². The number of rotatable bonds is 1. The Morgan fingerprint density at radius 2 is 2.35 bits per heavy atom. The topological polar surface area (TPSA) is 53.1 Å². The van der Waals surface area contributed by atoms with Gasteiger partial charge in [0.25, 0.3) is 0 Å². The van der Waals surface area contributed by atoms with Gasteiger partial charge in [-0.1, -0.05) is 11.6 Å². The van der Waals surface area contributed by atoms with Crippen LogP contribution in [-0.4, -0.2) is 22.8 Å². The van der Waals surface area contributed by atoms with Crippen LogP contribution in [0.15, 0.2) is 18.2 Å². The zero-order chi connectivity index (χ0) is 11.8.